The molecule has 2 aromatic rings. The first kappa shape index (κ1) is 18.3. The number of nitrogens with one attached hydrogen (secondary N) is 1. The number of guanidine groups is 1. The van der Waals surface area contributed by atoms with Gasteiger partial charge in [0.1, 0.15) is 28.4 Å². The maximum absolute atomic E-state index is 12.4. The summed E-state index contributed by atoms with van der Waals surface area (Å²) in [6.07, 6.45) is 1.04. The molecule has 26 heavy (non-hydrogen) atoms. The zero-order valence-corrected chi connectivity index (χ0v) is 15.4. The van der Waals surface area contributed by atoms with Crippen molar-refractivity contribution in [3.8, 4) is 0 Å². The van der Waals surface area contributed by atoms with Gasteiger partial charge in [-0.05, 0) is 6.92 Å². The molecule has 0 spiro atoms. The molecule has 3 rings (SSSR count). The average Bonchev–Trinajstić information content (AvgIpc) is 3.21. The summed E-state index contributed by atoms with van der Waals surface area (Å²) >= 11 is 1.13. The fourth-order valence-electron chi connectivity index (χ4n) is 2.30. The number of halogens is 1. The number of thiazole rings is 1. The Kier molecular flexibility index (Phi) is 4.44. The van der Waals surface area contributed by atoms with Gasteiger partial charge in [-0.2, -0.15) is 0 Å². The normalized spacial score (nSPS) is 22.1. The zero-order valence-electron chi connectivity index (χ0n) is 13.8. The molecule has 0 fully saturated rings. The van der Waals surface area contributed by atoms with Gasteiger partial charge < -0.3 is 15.5 Å². The summed E-state index contributed by atoms with van der Waals surface area (Å²) in [5.41, 5.74) is 4.44. The molecule has 0 aliphatic carbocycles. The van der Waals surface area contributed by atoms with Gasteiger partial charge in [0.15, 0.2) is 12.4 Å². The second-order valence-corrected chi connectivity index (χ2v) is 8.58. The second kappa shape index (κ2) is 6.32. The number of hydrogen-bond acceptors (Lipinski definition) is 9. The highest BCUT2D eigenvalue weighted by Gasteiger charge is 2.42. The number of sulfonamides is 1. The van der Waals surface area contributed by atoms with E-state index in [4.69, 9.17) is 10.2 Å². The minimum Gasteiger partial charge on any atom is -0.445 e. The highest BCUT2D eigenvalue weighted by atomic mass is 32.2. The Morgan fingerprint density at radius 2 is 2.27 bits per heavy atom. The molecule has 0 radical (unpaired) electrons. The summed E-state index contributed by atoms with van der Waals surface area (Å²) in [5.74, 6) is -1.09. The molecular weight excluding hydrogens is 387 g/mol. The van der Waals surface area contributed by atoms with Gasteiger partial charge in [0, 0.05) is 12.4 Å². The number of aliphatic imine (C=N–C) groups is 1. The number of hydrogen-bond donors (Lipinski definition) is 2. The molecule has 0 saturated carbocycles. The van der Waals surface area contributed by atoms with E-state index in [0.29, 0.717) is 5.01 Å². The number of aromatic nitrogens is 2. The summed E-state index contributed by atoms with van der Waals surface area (Å²) in [4.78, 5) is 24.2. The average molecular weight is 402 g/mol. The molecule has 3 N–H and O–H groups in total. The number of nitrogens with zero attached hydrogens (tertiary/aromatic N) is 4. The van der Waals surface area contributed by atoms with E-state index in [9.17, 15) is 17.6 Å². The molecule has 1 amide bonds. The first-order chi connectivity index (χ1) is 12.1. The molecule has 0 saturated heterocycles. The predicted molar refractivity (Wildman–Crippen MR) is 91.9 cm³/mol. The van der Waals surface area contributed by atoms with E-state index >= 15 is 0 Å². The van der Waals surface area contributed by atoms with Crippen molar-refractivity contribution in [2.24, 2.45) is 10.7 Å². The fraction of sp³-hybridized carbons (Fsp3) is 0.385. The van der Waals surface area contributed by atoms with Gasteiger partial charge in [-0.15, -0.1) is 11.3 Å². The van der Waals surface area contributed by atoms with Crippen molar-refractivity contribution in [3.05, 3.63) is 28.2 Å². The van der Waals surface area contributed by atoms with Gasteiger partial charge in [0.25, 0.3) is 5.91 Å². The second-order valence-electron chi connectivity index (χ2n) is 5.72. The quantitative estimate of drug-likeness (QED) is 0.764. The molecule has 13 heteroatoms. The highest BCUT2D eigenvalue weighted by molar-refractivity contribution is 7.89. The first-order valence-electron chi connectivity index (χ1n) is 7.24. The number of anilines is 1. The van der Waals surface area contributed by atoms with E-state index in [1.807, 2.05) is 0 Å². The third kappa shape index (κ3) is 3.26. The Labute approximate surface area is 152 Å². The van der Waals surface area contributed by atoms with Crippen LogP contribution >= 0.6 is 11.3 Å². The molecule has 2 aromatic heterocycles. The maximum atomic E-state index is 12.4. The highest BCUT2D eigenvalue weighted by Crippen LogP contribution is 2.34. The van der Waals surface area contributed by atoms with Gasteiger partial charge in [-0.25, -0.2) is 32.1 Å². The van der Waals surface area contributed by atoms with Gasteiger partial charge in [0.05, 0.1) is 0 Å². The van der Waals surface area contributed by atoms with Crippen molar-refractivity contribution in [2.45, 2.75) is 19.1 Å². The van der Waals surface area contributed by atoms with Gasteiger partial charge in [-0.3, -0.25) is 4.79 Å². The van der Waals surface area contributed by atoms with E-state index in [1.54, 1.807) is 6.92 Å². The zero-order chi connectivity index (χ0) is 19.1. The van der Waals surface area contributed by atoms with Crippen LogP contribution in [0.1, 0.15) is 28.3 Å². The maximum Gasteiger partial charge on any atom is 0.278 e. The van der Waals surface area contributed by atoms with E-state index in [2.05, 4.69) is 20.3 Å². The Morgan fingerprint density at radius 1 is 1.54 bits per heavy atom. The lowest BCUT2D eigenvalue weighted by atomic mass is 10.1. The Morgan fingerprint density at radius 3 is 2.88 bits per heavy atom. The molecule has 3 heterocycles. The molecule has 10 nitrogen and oxygen atoms in total. The van der Waals surface area contributed by atoms with Crippen molar-refractivity contribution in [1.82, 2.24) is 14.3 Å². The van der Waals surface area contributed by atoms with E-state index in [0.717, 1.165) is 21.9 Å². The molecular formula is C13H15FN6O4S2. The van der Waals surface area contributed by atoms with Crippen LogP contribution < -0.4 is 11.1 Å². The molecule has 1 aliphatic heterocycles. The lowest BCUT2D eigenvalue weighted by molar-refractivity contribution is 0.102. The SMILES string of the molecule is CN1C(N)=N[C@](C)(c2nc(NC(=O)c3coc(CF)n3)cs2)CS1(=O)=O. The predicted octanol–water partition coefficient (Wildman–Crippen LogP) is 0.658. The lowest BCUT2D eigenvalue weighted by Crippen LogP contribution is -2.50. The monoisotopic (exact) mass is 402 g/mol. The van der Waals surface area contributed by atoms with Crippen LogP contribution in [0.5, 0.6) is 0 Å². The fourth-order valence-corrected chi connectivity index (χ4v) is 4.68. The standard InChI is InChI=1S/C13H15FN6O4S2/c1-13(6-26(22,23)20(2)12(15)19-13)11-18-8(5-25-11)17-10(21)7-4-24-9(3-14)16-7/h4-5H,3,6H2,1-2H3,(H2,15,19)(H,17,21)/t13-/m0/s1. The van der Waals surface area contributed by atoms with Crippen molar-refractivity contribution in [2.75, 3.05) is 18.1 Å². The van der Waals surface area contributed by atoms with Crippen LogP contribution in [-0.2, 0) is 22.2 Å². The van der Waals surface area contributed by atoms with Gasteiger partial charge >= 0.3 is 0 Å². The molecule has 1 atom stereocenters. The van der Waals surface area contributed by atoms with E-state index < -0.39 is 28.1 Å². The lowest BCUT2D eigenvalue weighted by Gasteiger charge is -2.32. The molecule has 1 aliphatic rings. The Bertz CT molecular complexity index is 984. The summed E-state index contributed by atoms with van der Waals surface area (Å²) in [6, 6.07) is 0. The minimum atomic E-state index is -3.62. The first-order valence-corrected chi connectivity index (χ1v) is 9.73. The van der Waals surface area contributed by atoms with Crippen molar-refractivity contribution >= 4 is 39.0 Å². The van der Waals surface area contributed by atoms with E-state index in [-0.39, 0.29) is 29.1 Å². The van der Waals surface area contributed by atoms with Crippen LogP contribution in [0.15, 0.2) is 21.1 Å². The summed E-state index contributed by atoms with van der Waals surface area (Å²) in [5, 5.41) is 4.39. The van der Waals surface area contributed by atoms with Crippen LogP contribution in [0.2, 0.25) is 0 Å². The van der Waals surface area contributed by atoms with Crippen LogP contribution in [0, 0.1) is 0 Å². The van der Waals surface area contributed by atoms with Crippen LogP contribution in [0.3, 0.4) is 0 Å². The van der Waals surface area contributed by atoms with Crippen LogP contribution in [0.25, 0.3) is 0 Å². The van der Waals surface area contributed by atoms with Crippen LogP contribution in [0.4, 0.5) is 10.2 Å². The third-order valence-corrected chi connectivity index (χ3v) is 6.71. The molecule has 140 valence electrons. The summed E-state index contributed by atoms with van der Waals surface area (Å²) in [7, 11) is -2.30. The topological polar surface area (TPSA) is 144 Å². The van der Waals surface area contributed by atoms with Crippen LogP contribution in [-0.4, -0.2) is 47.4 Å². The number of nitrogens with two attached hydrogens (primary N) is 1. The smallest absolute Gasteiger partial charge is 0.278 e. The Hall–Kier alpha value is -2.54. The Balaban J connectivity index is 1.82. The molecule has 0 bridgehead atoms. The largest absolute Gasteiger partial charge is 0.445 e. The van der Waals surface area contributed by atoms with Crippen molar-refractivity contribution in [3.63, 3.8) is 0 Å². The summed E-state index contributed by atoms with van der Waals surface area (Å²) < 4.78 is 42.5. The number of oxazole rings is 1. The summed E-state index contributed by atoms with van der Waals surface area (Å²) in [6.45, 7) is 0.675. The van der Waals surface area contributed by atoms with Crippen molar-refractivity contribution in [1.29, 1.82) is 0 Å². The van der Waals surface area contributed by atoms with Crippen molar-refractivity contribution < 1.29 is 22.0 Å². The number of carbonyl (C=O) groups excluding carboxylic acids is 1. The molecule has 0 aromatic carbocycles. The van der Waals surface area contributed by atoms with E-state index in [1.165, 1.54) is 12.4 Å². The minimum absolute atomic E-state index is 0.0949. The number of rotatable bonds is 4. The van der Waals surface area contributed by atoms with Gasteiger partial charge in [0.2, 0.25) is 21.9 Å². The number of alkyl halides is 1. The molecule has 0 unspecified atom stereocenters. The third-order valence-electron chi connectivity index (χ3n) is 3.67. The number of carbonyl (C=O) groups is 1. The number of amides is 1. The van der Waals surface area contributed by atoms with Gasteiger partial charge in [-0.1, -0.05) is 0 Å².